The Kier molecular flexibility index (Phi) is 9.59. The van der Waals surface area contributed by atoms with Crippen LogP contribution in [0.15, 0.2) is 83.8 Å². The van der Waals surface area contributed by atoms with Gasteiger partial charge >= 0.3 is 0 Å². The Hall–Kier alpha value is -3.53. The van der Waals surface area contributed by atoms with Gasteiger partial charge in [0.15, 0.2) is 0 Å². The summed E-state index contributed by atoms with van der Waals surface area (Å²) >= 11 is 1.71. The highest BCUT2D eigenvalue weighted by Crippen LogP contribution is 2.23. The summed E-state index contributed by atoms with van der Waals surface area (Å²) in [6, 6.07) is 25.7. The molecule has 5 rings (SSSR count). The number of ether oxygens (including phenoxy) is 1. The number of hydrogen-bond acceptors (Lipinski definition) is 4. The minimum atomic E-state index is 0.0657. The SMILES string of the molecule is CSc1ccc(CC(=O)N2CCC(OC3CCN(C(=O)c4ccc(C#Cc5ccccc5)cc4)CC3)CC2)cc1. The number of piperidine rings is 2. The molecule has 6 heteroatoms. The summed E-state index contributed by atoms with van der Waals surface area (Å²) in [5, 5.41) is 0. The van der Waals surface area contributed by atoms with Crippen LogP contribution in [0, 0.1) is 11.8 Å². The second-order valence-corrected chi connectivity index (χ2v) is 11.3. The highest BCUT2D eigenvalue weighted by Gasteiger charge is 2.29. The van der Waals surface area contributed by atoms with E-state index in [1.165, 1.54) is 4.90 Å². The molecule has 0 saturated carbocycles. The van der Waals surface area contributed by atoms with Crippen molar-refractivity contribution in [1.82, 2.24) is 9.80 Å². The van der Waals surface area contributed by atoms with Crippen LogP contribution in [0.5, 0.6) is 0 Å². The molecule has 2 heterocycles. The topological polar surface area (TPSA) is 49.9 Å². The largest absolute Gasteiger partial charge is 0.375 e. The maximum absolute atomic E-state index is 13.1. The molecule has 0 aromatic heterocycles. The summed E-state index contributed by atoms with van der Waals surface area (Å²) < 4.78 is 6.42. The molecule has 5 nitrogen and oxygen atoms in total. The molecule has 0 aliphatic carbocycles. The Bertz CT molecular complexity index is 1330. The molecule has 2 aliphatic rings. The standard InChI is InChI=1S/C34H36N2O3S/c1-40-32-15-11-28(12-16-32)25-33(37)35-21-17-30(18-22-35)39-31-19-23-36(24-20-31)34(38)29-13-9-27(10-14-29)8-7-26-5-3-2-4-6-26/h2-6,9-16,30-31H,17-25H2,1H3. The van der Waals surface area contributed by atoms with Gasteiger partial charge in [0.1, 0.15) is 0 Å². The van der Waals surface area contributed by atoms with Crippen LogP contribution in [0.3, 0.4) is 0 Å². The van der Waals surface area contributed by atoms with Gasteiger partial charge in [-0.15, -0.1) is 11.8 Å². The van der Waals surface area contributed by atoms with Crippen LogP contribution in [-0.2, 0) is 16.0 Å². The van der Waals surface area contributed by atoms with Crippen LogP contribution in [0.1, 0.15) is 52.7 Å². The van der Waals surface area contributed by atoms with Gasteiger partial charge in [-0.3, -0.25) is 9.59 Å². The van der Waals surface area contributed by atoms with Crippen molar-refractivity contribution in [3.63, 3.8) is 0 Å². The Morgan fingerprint density at radius 3 is 1.88 bits per heavy atom. The molecule has 0 bridgehead atoms. The predicted octanol–water partition coefficient (Wildman–Crippen LogP) is 5.66. The van der Waals surface area contributed by atoms with Gasteiger partial charge in [0.05, 0.1) is 18.6 Å². The molecule has 0 radical (unpaired) electrons. The molecular formula is C34H36N2O3S. The number of thioether (sulfide) groups is 1. The lowest BCUT2D eigenvalue weighted by Gasteiger charge is -2.37. The average molecular weight is 553 g/mol. The van der Waals surface area contributed by atoms with E-state index in [0.29, 0.717) is 25.1 Å². The Balaban J connectivity index is 1.03. The molecule has 2 fully saturated rings. The lowest BCUT2D eigenvalue weighted by atomic mass is 10.0. The second-order valence-electron chi connectivity index (χ2n) is 10.4. The Labute approximate surface area is 241 Å². The van der Waals surface area contributed by atoms with Gasteiger partial charge in [-0.1, -0.05) is 42.2 Å². The lowest BCUT2D eigenvalue weighted by Crippen LogP contribution is -2.45. The zero-order valence-corrected chi connectivity index (χ0v) is 23.9. The molecule has 3 aromatic carbocycles. The van der Waals surface area contributed by atoms with Crippen molar-refractivity contribution in [2.75, 3.05) is 32.4 Å². The van der Waals surface area contributed by atoms with E-state index >= 15 is 0 Å². The van der Waals surface area contributed by atoms with Crippen molar-refractivity contribution >= 4 is 23.6 Å². The van der Waals surface area contributed by atoms with Crippen LogP contribution >= 0.6 is 11.8 Å². The average Bonchev–Trinajstić information content (AvgIpc) is 3.01. The second kappa shape index (κ2) is 13.7. The molecule has 3 aromatic rings. The van der Waals surface area contributed by atoms with Crippen LogP contribution < -0.4 is 0 Å². The van der Waals surface area contributed by atoms with Gasteiger partial charge < -0.3 is 14.5 Å². The van der Waals surface area contributed by atoms with Gasteiger partial charge in [-0.2, -0.15) is 0 Å². The van der Waals surface area contributed by atoms with Gasteiger partial charge in [0.2, 0.25) is 5.91 Å². The molecule has 2 saturated heterocycles. The fourth-order valence-corrected chi connectivity index (χ4v) is 5.69. The predicted molar refractivity (Wildman–Crippen MR) is 160 cm³/mol. The number of benzene rings is 3. The van der Waals surface area contributed by atoms with Crippen molar-refractivity contribution in [2.24, 2.45) is 0 Å². The normalized spacial score (nSPS) is 16.3. The van der Waals surface area contributed by atoms with E-state index in [-0.39, 0.29) is 24.0 Å². The third kappa shape index (κ3) is 7.56. The first-order valence-electron chi connectivity index (χ1n) is 14.1. The number of carbonyl (C=O) groups is 2. The molecule has 2 amide bonds. The van der Waals surface area contributed by atoms with E-state index in [2.05, 4.69) is 30.2 Å². The summed E-state index contributed by atoms with van der Waals surface area (Å²) in [5.41, 5.74) is 3.63. The molecule has 206 valence electrons. The van der Waals surface area contributed by atoms with E-state index in [1.807, 2.05) is 76.5 Å². The van der Waals surface area contributed by atoms with Crippen molar-refractivity contribution < 1.29 is 14.3 Å². The molecule has 0 unspecified atom stereocenters. The fraction of sp³-hybridized carbons (Fsp3) is 0.353. The maximum Gasteiger partial charge on any atom is 0.253 e. The third-order valence-corrected chi connectivity index (χ3v) is 8.42. The molecule has 0 atom stereocenters. The van der Waals surface area contributed by atoms with Gasteiger partial charge in [-0.05, 0) is 86.0 Å². The Morgan fingerprint density at radius 1 is 0.750 bits per heavy atom. The summed E-state index contributed by atoms with van der Waals surface area (Å²) in [6.07, 6.45) is 6.29. The van der Waals surface area contributed by atoms with E-state index < -0.39 is 0 Å². The van der Waals surface area contributed by atoms with E-state index in [9.17, 15) is 9.59 Å². The fourth-order valence-electron chi connectivity index (χ4n) is 5.28. The van der Waals surface area contributed by atoms with Crippen LogP contribution in [0.4, 0.5) is 0 Å². The van der Waals surface area contributed by atoms with Crippen molar-refractivity contribution in [2.45, 2.75) is 49.2 Å². The minimum Gasteiger partial charge on any atom is -0.375 e. The number of amides is 2. The number of carbonyl (C=O) groups excluding carboxylic acids is 2. The van der Waals surface area contributed by atoms with Crippen LogP contribution in [0.25, 0.3) is 0 Å². The zero-order chi connectivity index (χ0) is 27.7. The highest BCUT2D eigenvalue weighted by atomic mass is 32.2. The molecule has 40 heavy (non-hydrogen) atoms. The van der Waals surface area contributed by atoms with E-state index in [4.69, 9.17) is 4.74 Å². The van der Waals surface area contributed by atoms with Crippen LogP contribution in [0.2, 0.25) is 0 Å². The third-order valence-electron chi connectivity index (χ3n) is 7.68. The Morgan fingerprint density at radius 2 is 1.30 bits per heavy atom. The zero-order valence-electron chi connectivity index (χ0n) is 23.1. The van der Waals surface area contributed by atoms with Crippen molar-refractivity contribution in [3.05, 3.63) is 101 Å². The highest BCUT2D eigenvalue weighted by molar-refractivity contribution is 7.98. The van der Waals surface area contributed by atoms with Crippen molar-refractivity contribution in [1.29, 1.82) is 0 Å². The molecule has 0 spiro atoms. The number of likely N-dealkylation sites (tertiary alicyclic amines) is 2. The quantitative estimate of drug-likeness (QED) is 0.292. The van der Waals surface area contributed by atoms with Crippen molar-refractivity contribution in [3.8, 4) is 11.8 Å². The lowest BCUT2D eigenvalue weighted by molar-refractivity contribution is -0.134. The molecule has 0 N–H and O–H groups in total. The van der Waals surface area contributed by atoms with Crippen LogP contribution in [-0.4, -0.2) is 66.3 Å². The first-order chi connectivity index (χ1) is 19.6. The number of rotatable bonds is 6. The molecular weight excluding hydrogens is 516 g/mol. The van der Waals surface area contributed by atoms with Gasteiger partial charge in [-0.25, -0.2) is 0 Å². The minimum absolute atomic E-state index is 0.0657. The summed E-state index contributed by atoms with van der Waals surface area (Å²) in [7, 11) is 0. The smallest absolute Gasteiger partial charge is 0.253 e. The first-order valence-corrected chi connectivity index (χ1v) is 15.3. The van der Waals surface area contributed by atoms with E-state index in [1.54, 1.807) is 11.8 Å². The monoisotopic (exact) mass is 552 g/mol. The number of hydrogen-bond donors (Lipinski definition) is 0. The first kappa shape index (κ1) is 28.0. The van der Waals surface area contributed by atoms with E-state index in [0.717, 1.165) is 55.5 Å². The summed E-state index contributed by atoms with van der Waals surface area (Å²) in [4.78, 5) is 31.0. The molecule has 2 aliphatic heterocycles. The van der Waals surface area contributed by atoms with Gasteiger partial charge in [0, 0.05) is 47.8 Å². The summed E-state index contributed by atoms with van der Waals surface area (Å²) in [6.45, 7) is 2.89. The van der Waals surface area contributed by atoms with Gasteiger partial charge in [0.25, 0.3) is 5.91 Å². The maximum atomic E-state index is 13.1. The summed E-state index contributed by atoms with van der Waals surface area (Å²) in [5.74, 6) is 6.57. The number of nitrogens with zero attached hydrogens (tertiary/aromatic N) is 2.